The number of rotatable bonds is 1. The molecule has 0 aromatic carbocycles. The van der Waals surface area contributed by atoms with Gasteiger partial charge in [-0.3, -0.25) is 0 Å². The lowest BCUT2D eigenvalue weighted by Crippen LogP contribution is -1.90. The molecule has 8 heavy (non-hydrogen) atoms. The molecule has 0 N–H and O–H groups in total. The van der Waals surface area contributed by atoms with Crippen molar-refractivity contribution >= 4 is 0 Å². The molecule has 1 aliphatic carbocycles. The topological polar surface area (TPSA) is 0 Å². The molecule has 47 valence electrons. The third-order valence-corrected chi connectivity index (χ3v) is 2.10. The monoisotopic (exact) mass is 111 g/mol. The third-order valence-electron chi connectivity index (χ3n) is 2.10. The first kappa shape index (κ1) is 6.12. The zero-order chi connectivity index (χ0) is 5.98. The molecule has 0 aromatic heterocycles. The van der Waals surface area contributed by atoms with Crippen LogP contribution >= 0.6 is 0 Å². The first-order chi connectivity index (χ1) is 3.83. The molecule has 0 aliphatic heterocycles. The van der Waals surface area contributed by atoms with Crippen molar-refractivity contribution < 1.29 is 0 Å². The van der Waals surface area contributed by atoms with E-state index in [9.17, 15) is 0 Å². The largest absolute Gasteiger partial charge is 0.0651 e. The Hall–Kier alpha value is 0. The molecule has 0 nitrogen and oxygen atoms in total. The van der Waals surface area contributed by atoms with Crippen LogP contribution in [-0.2, 0) is 0 Å². The Bertz CT molecular complexity index is 66.4. The van der Waals surface area contributed by atoms with E-state index >= 15 is 0 Å². The van der Waals surface area contributed by atoms with Gasteiger partial charge in [-0.15, -0.1) is 0 Å². The van der Waals surface area contributed by atoms with E-state index in [0.717, 1.165) is 11.8 Å². The van der Waals surface area contributed by atoms with Gasteiger partial charge in [0.05, 0.1) is 0 Å². The molecule has 0 heteroatoms. The lowest BCUT2D eigenvalue weighted by Gasteiger charge is -2.01. The van der Waals surface area contributed by atoms with Gasteiger partial charge in [0, 0.05) is 0 Å². The predicted octanol–water partition coefficient (Wildman–Crippen LogP) is 2.65. The number of hydrogen-bond acceptors (Lipinski definition) is 0. The summed E-state index contributed by atoms with van der Waals surface area (Å²) < 4.78 is 0. The average molecular weight is 111 g/mol. The van der Waals surface area contributed by atoms with Crippen molar-refractivity contribution in [3.63, 3.8) is 0 Å². The van der Waals surface area contributed by atoms with Crippen LogP contribution in [0.4, 0.5) is 0 Å². The average Bonchev–Trinajstić information content (AvgIpc) is 2.14. The van der Waals surface area contributed by atoms with Crippen LogP contribution in [0, 0.1) is 18.3 Å². The van der Waals surface area contributed by atoms with Crippen LogP contribution in [0.15, 0.2) is 0 Å². The third kappa shape index (κ3) is 1.24. The minimum absolute atomic E-state index is 0.949. The molecule has 0 spiro atoms. The quantitative estimate of drug-likeness (QED) is 0.488. The van der Waals surface area contributed by atoms with Crippen molar-refractivity contribution in [2.75, 3.05) is 0 Å². The summed E-state index contributed by atoms with van der Waals surface area (Å²) >= 11 is 0. The first-order valence-electron chi connectivity index (χ1n) is 3.66. The highest BCUT2D eigenvalue weighted by Gasteiger charge is 2.18. The van der Waals surface area contributed by atoms with Crippen molar-refractivity contribution in [3.05, 3.63) is 6.42 Å². The standard InChI is InChI=1S/C8H15/c1-3-8-5-4-7(2)6-8/h5,7-8H,3-4,6H2,1-2H3. The molecular formula is C8H15. The zero-order valence-electron chi connectivity index (χ0n) is 5.85. The van der Waals surface area contributed by atoms with Gasteiger partial charge in [0.2, 0.25) is 0 Å². The second-order valence-corrected chi connectivity index (χ2v) is 2.98. The molecule has 2 unspecified atom stereocenters. The van der Waals surface area contributed by atoms with Crippen molar-refractivity contribution in [3.8, 4) is 0 Å². The summed E-state index contributed by atoms with van der Waals surface area (Å²) in [7, 11) is 0. The maximum absolute atomic E-state index is 2.48. The maximum atomic E-state index is 2.48. The van der Waals surface area contributed by atoms with E-state index in [4.69, 9.17) is 0 Å². The Labute approximate surface area is 52.3 Å². The van der Waals surface area contributed by atoms with E-state index in [0.29, 0.717) is 0 Å². The molecule has 0 saturated heterocycles. The van der Waals surface area contributed by atoms with Crippen LogP contribution in [0.1, 0.15) is 33.1 Å². The van der Waals surface area contributed by atoms with Crippen molar-refractivity contribution in [2.24, 2.45) is 11.8 Å². The Morgan fingerprint density at radius 1 is 1.62 bits per heavy atom. The molecular weight excluding hydrogens is 96.1 g/mol. The van der Waals surface area contributed by atoms with Gasteiger partial charge < -0.3 is 0 Å². The van der Waals surface area contributed by atoms with Gasteiger partial charge >= 0.3 is 0 Å². The fourth-order valence-electron chi connectivity index (χ4n) is 1.47. The lowest BCUT2D eigenvalue weighted by atomic mass is 10.0. The van der Waals surface area contributed by atoms with Gasteiger partial charge in [0.25, 0.3) is 0 Å². The molecule has 1 saturated carbocycles. The van der Waals surface area contributed by atoms with Gasteiger partial charge in [0.15, 0.2) is 0 Å². The molecule has 2 atom stereocenters. The first-order valence-corrected chi connectivity index (χ1v) is 3.66. The fourth-order valence-corrected chi connectivity index (χ4v) is 1.47. The second-order valence-electron chi connectivity index (χ2n) is 2.98. The SMILES string of the molecule is CCC1[CH]CC(C)C1. The van der Waals surface area contributed by atoms with Crippen LogP contribution in [0.2, 0.25) is 0 Å². The highest BCUT2D eigenvalue weighted by atomic mass is 14.2. The van der Waals surface area contributed by atoms with Gasteiger partial charge in [-0.25, -0.2) is 0 Å². The normalized spacial score (nSPS) is 38.2. The van der Waals surface area contributed by atoms with Gasteiger partial charge in [-0.05, 0) is 31.1 Å². The van der Waals surface area contributed by atoms with E-state index in [2.05, 4.69) is 20.3 Å². The predicted molar refractivity (Wildman–Crippen MR) is 36.5 cm³/mol. The lowest BCUT2D eigenvalue weighted by molar-refractivity contribution is 0.524. The summed E-state index contributed by atoms with van der Waals surface area (Å²) in [6.45, 7) is 4.62. The van der Waals surface area contributed by atoms with E-state index in [1.165, 1.54) is 19.3 Å². The maximum Gasteiger partial charge on any atom is -0.0352 e. The van der Waals surface area contributed by atoms with Crippen LogP contribution in [0.3, 0.4) is 0 Å². The van der Waals surface area contributed by atoms with Crippen molar-refractivity contribution in [2.45, 2.75) is 33.1 Å². The Morgan fingerprint density at radius 2 is 2.38 bits per heavy atom. The second kappa shape index (κ2) is 2.52. The summed E-state index contributed by atoms with van der Waals surface area (Å²) in [6.07, 6.45) is 6.63. The van der Waals surface area contributed by atoms with E-state index < -0.39 is 0 Å². The molecule has 0 bridgehead atoms. The summed E-state index contributed by atoms with van der Waals surface area (Å²) in [5.74, 6) is 1.92. The minimum Gasteiger partial charge on any atom is -0.0651 e. The van der Waals surface area contributed by atoms with Crippen LogP contribution < -0.4 is 0 Å². The fraction of sp³-hybridized carbons (Fsp3) is 0.875. The summed E-state index contributed by atoms with van der Waals surface area (Å²) in [4.78, 5) is 0. The van der Waals surface area contributed by atoms with Gasteiger partial charge in [0.1, 0.15) is 0 Å². The smallest absolute Gasteiger partial charge is 0.0352 e. The molecule has 0 amide bonds. The van der Waals surface area contributed by atoms with Crippen LogP contribution in [-0.4, -0.2) is 0 Å². The van der Waals surface area contributed by atoms with Crippen LogP contribution in [0.5, 0.6) is 0 Å². The van der Waals surface area contributed by atoms with Gasteiger partial charge in [-0.2, -0.15) is 0 Å². The highest BCUT2D eigenvalue weighted by Crippen LogP contribution is 2.30. The Kier molecular flexibility index (Phi) is 1.93. The van der Waals surface area contributed by atoms with Gasteiger partial charge in [-0.1, -0.05) is 20.3 Å². The number of hydrogen-bond donors (Lipinski definition) is 0. The van der Waals surface area contributed by atoms with E-state index in [1.807, 2.05) is 0 Å². The molecule has 1 radical (unpaired) electrons. The molecule has 0 heterocycles. The van der Waals surface area contributed by atoms with E-state index in [1.54, 1.807) is 0 Å². The molecule has 1 fully saturated rings. The summed E-state index contributed by atoms with van der Waals surface area (Å²) in [5, 5.41) is 0. The molecule has 1 aliphatic rings. The van der Waals surface area contributed by atoms with Crippen molar-refractivity contribution in [1.82, 2.24) is 0 Å². The van der Waals surface area contributed by atoms with Crippen molar-refractivity contribution in [1.29, 1.82) is 0 Å². The Balaban J connectivity index is 2.22. The highest BCUT2D eigenvalue weighted by molar-refractivity contribution is 4.85. The Morgan fingerprint density at radius 3 is 2.62 bits per heavy atom. The molecule has 1 rings (SSSR count). The molecule has 0 aromatic rings. The summed E-state index contributed by atoms with van der Waals surface area (Å²) in [6, 6.07) is 0. The van der Waals surface area contributed by atoms with E-state index in [-0.39, 0.29) is 0 Å². The summed E-state index contributed by atoms with van der Waals surface area (Å²) in [5.41, 5.74) is 0. The van der Waals surface area contributed by atoms with Crippen LogP contribution in [0.25, 0.3) is 0 Å². The zero-order valence-corrected chi connectivity index (χ0v) is 5.85. The minimum atomic E-state index is 0.949.